The van der Waals surface area contributed by atoms with Crippen molar-refractivity contribution in [2.75, 3.05) is 5.06 Å². The zero-order valence-corrected chi connectivity index (χ0v) is 14.7. The quantitative estimate of drug-likeness (QED) is 0.642. The maximum atomic E-state index is 11.9. The molecule has 0 N–H and O–H groups in total. The number of aldehydes is 1. The molecular weight excluding hydrogens is 322 g/mol. The third kappa shape index (κ3) is 2.61. The molecule has 4 rings (SSSR count). The zero-order valence-electron chi connectivity index (χ0n) is 14.7. The van der Waals surface area contributed by atoms with Gasteiger partial charge in [-0.3, -0.25) is 4.84 Å². The largest absolute Gasteiger partial charge is 0.300 e. The molecule has 1 aliphatic heterocycles. The molecule has 130 valence electrons. The standard InChI is InChI=1S/C23H21NO2/c1-22(18-25)17-23(19-11-5-2-6-12-19,20-13-7-3-8-14-20)24(26-22)21-15-9-4-10-16-21/h2-16,18H,17H2,1H3. The highest BCUT2D eigenvalue weighted by atomic mass is 16.7. The molecule has 26 heavy (non-hydrogen) atoms. The molecule has 1 aliphatic rings. The number of hydroxylamine groups is 1. The Bertz CT molecular complexity index is 840. The van der Waals surface area contributed by atoms with Gasteiger partial charge in [-0.25, -0.2) is 5.06 Å². The van der Waals surface area contributed by atoms with Crippen LogP contribution >= 0.6 is 0 Å². The summed E-state index contributed by atoms with van der Waals surface area (Å²) in [6, 6.07) is 30.5. The average Bonchev–Trinajstić information content (AvgIpc) is 3.05. The van der Waals surface area contributed by atoms with Crippen LogP contribution in [0, 0.1) is 0 Å². The lowest BCUT2D eigenvalue weighted by molar-refractivity contribution is -0.125. The van der Waals surface area contributed by atoms with Crippen molar-refractivity contribution in [3.05, 3.63) is 102 Å². The van der Waals surface area contributed by atoms with Crippen molar-refractivity contribution in [2.24, 2.45) is 0 Å². The molecule has 0 aliphatic carbocycles. The fourth-order valence-corrected chi connectivity index (χ4v) is 3.83. The smallest absolute Gasteiger partial charge is 0.154 e. The van der Waals surface area contributed by atoms with Crippen molar-refractivity contribution >= 4 is 12.0 Å². The Labute approximate surface area is 153 Å². The minimum absolute atomic E-state index is 0.534. The lowest BCUT2D eigenvalue weighted by Crippen LogP contribution is -2.41. The summed E-state index contributed by atoms with van der Waals surface area (Å²) in [7, 11) is 0. The third-order valence-electron chi connectivity index (χ3n) is 5.00. The summed E-state index contributed by atoms with van der Waals surface area (Å²) in [4.78, 5) is 18.2. The monoisotopic (exact) mass is 343 g/mol. The second kappa shape index (κ2) is 6.43. The summed E-state index contributed by atoms with van der Waals surface area (Å²) in [6.07, 6.45) is 1.45. The van der Waals surface area contributed by atoms with Gasteiger partial charge in [0, 0.05) is 6.42 Å². The van der Waals surface area contributed by atoms with E-state index in [1.54, 1.807) is 0 Å². The van der Waals surface area contributed by atoms with Crippen LogP contribution in [0.4, 0.5) is 5.69 Å². The van der Waals surface area contributed by atoms with Gasteiger partial charge in [0.25, 0.3) is 0 Å². The number of hydrogen-bond donors (Lipinski definition) is 0. The SMILES string of the molecule is CC1(C=O)CC(c2ccccc2)(c2ccccc2)N(c2ccccc2)O1. The van der Waals surface area contributed by atoms with Gasteiger partial charge in [-0.2, -0.15) is 0 Å². The van der Waals surface area contributed by atoms with Crippen molar-refractivity contribution in [3.8, 4) is 0 Å². The van der Waals surface area contributed by atoms with E-state index in [-0.39, 0.29) is 0 Å². The lowest BCUT2D eigenvalue weighted by Gasteiger charge is -2.38. The number of hydrogen-bond acceptors (Lipinski definition) is 3. The molecule has 1 unspecified atom stereocenters. The first kappa shape index (κ1) is 16.6. The molecule has 3 aromatic carbocycles. The van der Waals surface area contributed by atoms with E-state index in [9.17, 15) is 4.79 Å². The molecule has 0 spiro atoms. The summed E-state index contributed by atoms with van der Waals surface area (Å²) in [5.41, 5.74) is 1.63. The van der Waals surface area contributed by atoms with Crippen molar-refractivity contribution in [1.82, 2.24) is 0 Å². The van der Waals surface area contributed by atoms with E-state index >= 15 is 0 Å². The van der Waals surface area contributed by atoms with Crippen LogP contribution in [-0.2, 0) is 15.2 Å². The van der Waals surface area contributed by atoms with Gasteiger partial charge in [-0.05, 0) is 30.2 Å². The van der Waals surface area contributed by atoms with Crippen molar-refractivity contribution in [3.63, 3.8) is 0 Å². The van der Waals surface area contributed by atoms with Gasteiger partial charge < -0.3 is 4.79 Å². The first-order valence-corrected chi connectivity index (χ1v) is 8.80. The number of benzene rings is 3. The van der Waals surface area contributed by atoms with E-state index in [0.717, 1.165) is 23.1 Å². The molecule has 3 heteroatoms. The Kier molecular flexibility index (Phi) is 4.09. The molecule has 3 nitrogen and oxygen atoms in total. The van der Waals surface area contributed by atoms with Crippen LogP contribution in [-0.4, -0.2) is 11.9 Å². The van der Waals surface area contributed by atoms with Crippen LogP contribution in [0.3, 0.4) is 0 Å². The average molecular weight is 343 g/mol. The molecule has 0 radical (unpaired) electrons. The molecule has 3 aromatic rings. The van der Waals surface area contributed by atoms with Crippen molar-refractivity contribution in [2.45, 2.75) is 24.5 Å². The number of rotatable bonds is 4. The van der Waals surface area contributed by atoms with Gasteiger partial charge in [-0.15, -0.1) is 0 Å². The van der Waals surface area contributed by atoms with Gasteiger partial charge in [0.2, 0.25) is 0 Å². The van der Waals surface area contributed by atoms with E-state index in [1.165, 1.54) is 0 Å². The van der Waals surface area contributed by atoms with Gasteiger partial charge in [0.15, 0.2) is 11.9 Å². The molecule has 0 aromatic heterocycles. The van der Waals surface area contributed by atoms with E-state index < -0.39 is 11.1 Å². The fourth-order valence-electron chi connectivity index (χ4n) is 3.83. The maximum absolute atomic E-state index is 11.9. The van der Waals surface area contributed by atoms with Gasteiger partial charge in [-0.1, -0.05) is 78.9 Å². The lowest BCUT2D eigenvalue weighted by atomic mass is 9.76. The predicted octanol–water partition coefficient (Wildman–Crippen LogP) is 4.73. The first-order chi connectivity index (χ1) is 12.7. The van der Waals surface area contributed by atoms with Crippen molar-refractivity contribution < 1.29 is 9.63 Å². The molecule has 0 bridgehead atoms. The van der Waals surface area contributed by atoms with Crippen LogP contribution in [0.15, 0.2) is 91.0 Å². The molecule has 0 saturated carbocycles. The Hall–Kier alpha value is -2.91. The summed E-state index contributed by atoms with van der Waals surface area (Å²) in [6.45, 7) is 1.85. The van der Waals surface area contributed by atoms with Gasteiger partial charge in [0.1, 0.15) is 5.54 Å². The van der Waals surface area contributed by atoms with Crippen LogP contribution in [0.5, 0.6) is 0 Å². The second-order valence-electron chi connectivity index (χ2n) is 6.92. The predicted molar refractivity (Wildman–Crippen MR) is 103 cm³/mol. The molecular formula is C23H21NO2. The van der Waals surface area contributed by atoms with Gasteiger partial charge >= 0.3 is 0 Å². The van der Waals surface area contributed by atoms with Crippen LogP contribution in [0.1, 0.15) is 24.5 Å². The zero-order chi connectivity index (χ0) is 18.0. The maximum Gasteiger partial charge on any atom is 0.154 e. The molecule has 1 fully saturated rings. The minimum Gasteiger partial charge on any atom is -0.300 e. The minimum atomic E-state index is -0.901. The van der Waals surface area contributed by atoms with E-state index in [4.69, 9.17) is 4.84 Å². The third-order valence-corrected chi connectivity index (χ3v) is 5.00. The Balaban J connectivity index is 1.99. The topological polar surface area (TPSA) is 29.5 Å². The Morgan fingerprint density at radius 1 is 0.808 bits per heavy atom. The number of carbonyl (C=O) groups is 1. The summed E-state index contributed by atoms with van der Waals surface area (Å²) < 4.78 is 0. The van der Waals surface area contributed by atoms with Crippen LogP contribution in [0.2, 0.25) is 0 Å². The first-order valence-electron chi connectivity index (χ1n) is 8.80. The van der Waals surface area contributed by atoms with Gasteiger partial charge in [0.05, 0.1) is 5.69 Å². The second-order valence-corrected chi connectivity index (χ2v) is 6.92. The number of para-hydroxylation sites is 1. The van der Waals surface area contributed by atoms with E-state index in [0.29, 0.717) is 6.42 Å². The summed E-state index contributed by atoms with van der Waals surface area (Å²) in [5, 5.41) is 1.91. The molecule has 0 amide bonds. The molecule has 1 heterocycles. The Morgan fingerprint density at radius 2 is 1.27 bits per heavy atom. The molecule has 1 atom stereocenters. The Morgan fingerprint density at radius 3 is 1.73 bits per heavy atom. The molecule has 1 saturated heterocycles. The van der Waals surface area contributed by atoms with Crippen molar-refractivity contribution in [1.29, 1.82) is 0 Å². The highest BCUT2D eigenvalue weighted by Gasteiger charge is 2.55. The van der Waals surface area contributed by atoms with E-state index in [2.05, 4.69) is 24.3 Å². The summed E-state index contributed by atoms with van der Waals surface area (Å²) >= 11 is 0. The number of carbonyl (C=O) groups excluding carboxylic acids is 1. The highest BCUT2D eigenvalue weighted by Crippen LogP contribution is 2.51. The fraction of sp³-hybridized carbons (Fsp3) is 0.174. The number of nitrogens with zero attached hydrogens (tertiary/aromatic N) is 1. The van der Waals surface area contributed by atoms with Crippen LogP contribution < -0.4 is 5.06 Å². The normalized spacial score (nSPS) is 21.5. The van der Waals surface area contributed by atoms with E-state index in [1.807, 2.05) is 78.7 Å². The highest BCUT2D eigenvalue weighted by molar-refractivity contribution is 5.67. The summed E-state index contributed by atoms with van der Waals surface area (Å²) in [5.74, 6) is 0. The number of anilines is 1. The van der Waals surface area contributed by atoms with Crippen LogP contribution in [0.25, 0.3) is 0 Å².